The van der Waals surface area contributed by atoms with Crippen molar-refractivity contribution in [2.75, 3.05) is 40.3 Å². The van der Waals surface area contributed by atoms with Crippen molar-refractivity contribution in [2.45, 2.75) is 31.1 Å². The van der Waals surface area contributed by atoms with E-state index < -0.39 is 12.7 Å². The molecule has 23 heavy (non-hydrogen) atoms. The Morgan fingerprint density at radius 1 is 1.17 bits per heavy atom. The van der Waals surface area contributed by atoms with E-state index in [-0.39, 0.29) is 6.04 Å². The lowest BCUT2D eigenvalue weighted by molar-refractivity contribution is -0.148. The van der Waals surface area contributed by atoms with Crippen LogP contribution in [0.5, 0.6) is 0 Å². The Balaban J connectivity index is 1.80. The smallest absolute Gasteiger partial charge is 0.312 e. The van der Waals surface area contributed by atoms with Crippen LogP contribution in [0, 0.1) is 0 Å². The lowest BCUT2D eigenvalue weighted by atomic mass is 10.0. The fourth-order valence-corrected chi connectivity index (χ4v) is 3.10. The molecular formula is C17H26F3N3. The molecule has 1 aliphatic heterocycles. The third-order valence-electron chi connectivity index (χ3n) is 4.40. The summed E-state index contributed by atoms with van der Waals surface area (Å²) >= 11 is 0. The van der Waals surface area contributed by atoms with E-state index >= 15 is 0 Å². The maximum absolute atomic E-state index is 12.4. The number of hydrogen-bond acceptors (Lipinski definition) is 3. The van der Waals surface area contributed by atoms with Gasteiger partial charge >= 0.3 is 6.18 Å². The van der Waals surface area contributed by atoms with Gasteiger partial charge in [0.15, 0.2) is 0 Å². The summed E-state index contributed by atoms with van der Waals surface area (Å²) in [5, 5.41) is 3.54. The molecule has 0 radical (unpaired) electrons. The number of likely N-dealkylation sites (N-methyl/N-ethyl adjacent to an activating group) is 1. The van der Waals surface area contributed by atoms with Gasteiger partial charge in [-0.1, -0.05) is 30.3 Å². The van der Waals surface area contributed by atoms with Crippen molar-refractivity contribution < 1.29 is 13.2 Å². The van der Waals surface area contributed by atoms with E-state index in [1.807, 2.05) is 32.3 Å². The number of halogens is 3. The Bertz CT molecular complexity index is 454. The number of benzene rings is 1. The number of piperidine rings is 1. The molecular weight excluding hydrogens is 303 g/mol. The van der Waals surface area contributed by atoms with Gasteiger partial charge in [0, 0.05) is 18.6 Å². The molecule has 1 fully saturated rings. The summed E-state index contributed by atoms with van der Waals surface area (Å²) in [5.41, 5.74) is 1.25. The monoisotopic (exact) mass is 329 g/mol. The lowest BCUT2D eigenvalue weighted by Crippen LogP contribution is -2.47. The fourth-order valence-electron chi connectivity index (χ4n) is 3.10. The average molecular weight is 329 g/mol. The van der Waals surface area contributed by atoms with Crippen LogP contribution in [0.25, 0.3) is 0 Å². The van der Waals surface area contributed by atoms with Crippen LogP contribution in [-0.2, 0) is 0 Å². The molecule has 1 unspecified atom stereocenters. The highest BCUT2D eigenvalue weighted by atomic mass is 19.4. The van der Waals surface area contributed by atoms with Crippen molar-refractivity contribution in [1.29, 1.82) is 0 Å². The van der Waals surface area contributed by atoms with Gasteiger partial charge in [0.25, 0.3) is 0 Å². The van der Waals surface area contributed by atoms with Crippen LogP contribution in [0.4, 0.5) is 13.2 Å². The topological polar surface area (TPSA) is 18.5 Å². The third-order valence-corrected chi connectivity index (χ3v) is 4.40. The maximum atomic E-state index is 12.4. The first-order valence-corrected chi connectivity index (χ1v) is 8.09. The number of hydrogen-bond donors (Lipinski definition) is 1. The van der Waals surface area contributed by atoms with E-state index in [1.165, 1.54) is 10.5 Å². The number of rotatable bonds is 6. The Labute approximate surface area is 136 Å². The highest BCUT2D eigenvalue weighted by Crippen LogP contribution is 2.21. The minimum absolute atomic E-state index is 0.268. The van der Waals surface area contributed by atoms with Crippen LogP contribution in [0.2, 0.25) is 0 Å². The van der Waals surface area contributed by atoms with Crippen molar-refractivity contribution >= 4 is 0 Å². The molecule has 1 heterocycles. The summed E-state index contributed by atoms with van der Waals surface area (Å²) < 4.78 is 37.2. The second-order valence-electron chi connectivity index (χ2n) is 6.46. The molecule has 1 atom stereocenters. The second-order valence-corrected chi connectivity index (χ2v) is 6.46. The summed E-state index contributed by atoms with van der Waals surface area (Å²) in [5.74, 6) is 0. The maximum Gasteiger partial charge on any atom is 0.401 e. The van der Waals surface area contributed by atoms with E-state index in [0.717, 1.165) is 19.4 Å². The fraction of sp³-hybridized carbons (Fsp3) is 0.647. The quantitative estimate of drug-likeness (QED) is 0.866. The van der Waals surface area contributed by atoms with Gasteiger partial charge in [-0.2, -0.15) is 13.2 Å². The normalized spacial score (nSPS) is 19.2. The minimum Gasteiger partial charge on any atom is -0.312 e. The van der Waals surface area contributed by atoms with Crippen LogP contribution in [0.1, 0.15) is 24.4 Å². The standard InChI is InChI=1S/C17H26F3N3/c1-22(2)16(14-6-4-3-5-7-14)12-21-15-8-10-23(11-9-15)13-17(18,19)20/h3-7,15-16,21H,8-13H2,1-2H3. The van der Waals surface area contributed by atoms with Gasteiger partial charge in [0.2, 0.25) is 0 Å². The molecule has 0 spiro atoms. The van der Waals surface area contributed by atoms with Crippen LogP contribution in [-0.4, -0.2) is 62.3 Å². The zero-order chi connectivity index (χ0) is 16.9. The summed E-state index contributed by atoms with van der Waals surface area (Å²) in [6.45, 7) is 1.04. The third kappa shape index (κ3) is 6.12. The predicted octanol–water partition coefficient (Wildman–Crippen LogP) is 2.91. The van der Waals surface area contributed by atoms with Crippen LogP contribution in [0.3, 0.4) is 0 Å². The van der Waals surface area contributed by atoms with Gasteiger partial charge in [0.05, 0.1) is 6.54 Å². The van der Waals surface area contributed by atoms with Crippen molar-refractivity contribution in [3.05, 3.63) is 35.9 Å². The largest absolute Gasteiger partial charge is 0.401 e. The van der Waals surface area contributed by atoms with Crippen molar-refractivity contribution in [3.63, 3.8) is 0 Å². The molecule has 6 heteroatoms. The van der Waals surface area contributed by atoms with Crippen molar-refractivity contribution in [1.82, 2.24) is 15.1 Å². The Morgan fingerprint density at radius 2 is 1.78 bits per heavy atom. The average Bonchev–Trinajstić information content (AvgIpc) is 2.48. The highest BCUT2D eigenvalue weighted by Gasteiger charge is 2.32. The van der Waals surface area contributed by atoms with E-state index in [4.69, 9.17) is 0 Å². The molecule has 0 saturated carbocycles. The van der Waals surface area contributed by atoms with Gasteiger partial charge in [-0.3, -0.25) is 4.90 Å². The van der Waals surface area contributed by atoms with Crippen LogP contribution < -0.4 is 5.32 Å². The van der Waals surface area contributed by atoms with Gasteiger partial charge in [-0.15, -0.1) is 0 Å². The first-order valence-electron chi connectivity index (χ1n) is 8.09. The van der Waals surface area contributed by atoms with E-state index in [2.05, 4.69) is 22.3 Å². The Hall–Kier alpha value is -1.11. The first kappa shape index (κ1) is 18.2. The van der Waals surface area contributed by atoms with Crippen molar-refractivity contribution in [3.8, 4) is 0 Å². The number of likely N-dealkylation sites (tertiary alicyclic amines) is 1. The molecule has 3 nitrogen and oxygen atoms in total. The molecule has 0 aromatic heterocycles. The molecule has 0 aliphatic carbocycles. The van der Waals surface area contributed by atoms with Gasteiger partial charge in [-0.05, 0) is 45.6 Å². The van der Waals surface area contributed by atoms with Gasteiger partial charge < -0.3 is 10.2 Å². The molecule has 1 aromatic rings. The van der Waals surface area contributed by atoms with Gasteiger partial charge in [-0.25, -0.2) is 0 Å². The van der Waals surface area contributed by atoms with E-state index in [1.54, 1.807) is 0 Å². The summed E-state index contributed by atoms with van der Waals surface area (Å²) in [7, 11) is 4.09. The van der Waals surface area contributed by atoms with E-state index in [9.17, 15) is 13.2 Å². The van der Waals surface area contributed by atoms with Crippen molar-refractivity contribution in [2.24, 2.45) is 0 Å². The predicted molar refractivity (Wildman–Crippen MR) is 86.4 cm³/mol. The Morgan fingerprint density at radius 3 is 2.30 bits per heavy atom. The molecule has 1 N–H and O–H groups in total. The molecule has 1 aromatic carbocycles. The number of nitrogens with one attached hydrogen (secondary N) is 1. The summed E-state index contributed by atoms with van der Waals surface area (Å²) in [4.78, 5) is 3.67. The molecule has 0 bridgehead atoms. The number of nitrogens with zero attached hydrogens (tertiary/aromatic N) is 2. The zero-order valence-electron chi connectivity index (χ0n) is 13.8. The SMILES string of the molecule is CN(C)C(CNC1CCN(CC(F)(F)F)CC1)c1ccccc1. The number of alkyl halides is 3. The second kappa shape index (κ2) is 8.13. The van der Waals surface area contributed by atoms with Gasteiger partial charge in [0.1, 0.15) is 0 Å². The first-order chi connectivity index (χ1) is 10.8. The Kier molecular flexibility index (Phi) is 6.44. The molecule has 1 aliphatic rings. The lowest BCUT2D eigenvalue weighted by Gasteiger charge is -2.34. The summed E-state index contributed by atoms with van der Waals surface area (Å²) in [6.07, 6.45) is -2.56. The van der Waals surface area contributed by atoms with E-state index in [0.29, 0.717) is 19.1 Å². The highest BCUT2D eigenvalue weighted by molar-refractivity contribution is 5.19. The molecule has 1 saturated heterocycles. The summed E-state index contributed by atoms with van der Waals surface area (Å²) in [6, 6.07) is 10.8. The van der Waals surface area contributed by atoms with Crippen LogP contribution >= 0.6 is 0 Å². The van der Waals surface area contributed by atoms with Crippen LogP contribution in [0.15, 0.2) is 30.3 Å². The molecule has 0 amide bonds. The minimum atomic E-state index is -4.09. The molecule has 130 valence electrons. The zero-order valence-corrected chi connectivity index (χ0v) is 13.8. The molecule has 2 rings (SSSR count).